The van der Waals surface area contributed by atoms with Gasteiger partial charge in [-0.3, -0.25) is 19.2 Å². The summed E-state index contributed by atoms with van der Waals surface area (Å²) >= 11 is 0. The van der Waals surface area contributed by atoms with E-state index in [4.69, 9.17) is 0 Å². The molecule has 6 fully saturated rings. The maximum absolute atomic E-state index is 14.9. The minimum Gasteiger partial charge on any atom is -0.347 e. The highest BCUT2D eigenvalue weighted by Crippen LogP contribution is 2.65. The lowest BCUT2D eigenvalue weighted by molar-refractivity contribution is -0.146. The molecule has 5 amide bonds. The lowest BCUT2D eigenvalue weighted by atomic mass is 9.70. The minimum atomic E-state index is -3.55. The summed E-state index contributed by atoms with van der Waals surface area (Å²) in [6.07, 6.45) is 9.11. The Kier molecular flexibility index (Phi) is 9.92. The molecule has 13 heteroatoms. The molecule has 0 bridgehead atoms. The summed E-state index contributed by atoms with van der Waals surface area (Å²) < 4.78 is 25.9. The van der Waals surface area contributed by atoms with Crippen molar-refractivity contribution in [3.8, 4) is 0 Å². The molecule has 0 aromatic heterocycles. The second kappa shape index (κ2) is 13.3. The molecule has 0 aromatic carbocycles. The van der Waals surface area contributed by atoms with E-state index in [0.29, 0.717) is 44.1 Å². The highest BCUT2D eigenvalue weighted by molar-refractivity contribution is 7.92. The molecule has 12 nitrogen and oxygen atoms in total. The van der Waals surface area contributed by atoms with Crippen LogP contribution in [0.15, 0.2) is 0 Å². The highest BCUT2D eigenvalue weighted by Gasteiger charge is 2.70. The van der Waals surface area contributed by atoms with Crippen LogP contribution in [0.25, 0.3) is 0 Å². The zero-order valence-electron chi connectivity index (χ0n) is 31.7. The van der Waals surface area contributed by atoms with E-state index in [1.54, 1.807) is 25.7 Å². The molecule has 4 N–H and O–H groups in total. The Balaban J connectivity index is 1.23. The summed E-state index contributed by atoms with van der Waals surface area (Å²) in [6.45, 7) is 13.5. The van der Waals surface area contributed by atoms with Crippen molar-refractivity contribution < 1.29 is 32.4 Å². The minimum absolute atomic E-state index is 0.00955. The number of sulfone groups is 1. The molecular weight excluding hydrogens is 671 g/mol. The summed E-state index contributed by atoms with van der Waals surface area (Å²) in [6, 6.07) is -3.31. The number of fused-ring (bicyclic) bond motifs is 2. The largest absolute Gasteiger partial charge is 0.347 e. The molecule has 8 atom stereocenters. The van der Waals surface area contributed by atoms with Gasteiger partial charge >= 0.3 is 6.03 Å². The van der Waals surface area contributed by atoms with Gasteiger partial charge in [0.2, 0.25) is 17.6 Å². The molecule has 286 valence electrons. The van der Waals surface area contributed by atoms with Gasteiger partial charge in [-0.25, -0.2) is 13.2 Å². The average Bonchev–Trinajstić information content (AvgIpc) is 3.98. The van der Waals surface area contributed by atoms with Gasteiger partial charge in [-0.05, 0) is 107 Å². The molecule has 1 heterocycles. The first-order chi connectivity index (χ1) is 23.7. The molecule has 0 aromatic rings. The second-order valence-corrected chi connectivity index (χ2v) is 21.7. The Hall–Kier alpha value is -2.70. The number of Topliss-reactive ketones (excluding diaryl/α,β-unsaturated/α-hetero) is 1. The van der Waals surface area contributed by atoms with Gasteiger partial charge in [0, 0.05) is 12.6 Å². The zero-order chi connectivity index (χ0) is 37.3. The van der Waals surface area contributed by atoms with E-state index in [-0.39, 0.29) is 35.0 Å². The molecule has 0 radical (unpaired) electrons. The summed E-state index contributed by atoms with van der Waals surface area (Å²) in [5, 5.41) is 11.8. The lowest BCUT2D eigenvalue weighted by Crippen LogP contribution is -2.64. The number of likely N-dealkylation sites (tertiary alicyclic amines) is 1. The molecule has 51 heavy (non-hydrogen) atoms. The molecule has 6 aliphatic rings. The van der Waals surface area contributed by atoms with Crippen molar-refractivity contribution in [1.29, 1.82) is 0 Å². The van der Waals surface area contributed by atoms with Crippen LogP contribution < -0.4 is 21.3 Å². The monoisotopic (exact) mass is 731 g/mol. The van der Waals surface area contributed by atoms with Gasteiger partial charge in [-0.2, -0.15) is 0 Å². The van der Waals surface area contributed by atoms with Crippen molar-refractivity contribution in [1.82, 2.24) is 26.2 Å². The Morgan fingerprint density at radius 3 is 2.12 bits per heavy atom. The maximum atomic E-state index is 14.9. The number of amides is 5. The predicted molar refractivity (Wildman–Crippen MR) is 193 cm³/mol. The number of carbonyl (C=O) groups excluding carboxylic acids is 5. The van der Waals surface area contributed by atoms with Crippen molar-refractivity contribution >= 4 is 39.4 Å². The van der Waals surface area contributed by atoms with E-state index in [0.717, 1.165) is 51.4 Å². The van der Waals surface area contributed by atoms with Crippen molar-refractivity contribution in [2.24, 2.45) is 34.5 Å². The number of piperidine rings is 1. The lowest BCUT2D eigenvalue weighted by Gasteiger charge is -2.44. The number of nitrogens with zero attached hydrogens (tertiary/aromatic N) is 1. The van der Waals surface area contributed by atoms with Crippen LogP contribution in [0.5, 0.6) is 0 Å². The van der Waals surface area contributed by atoms with Crippen molar-refractivity contribution in [2.75, 3.05) is 12.3 Å². The number of rotatable bonds is 13. The third-order valence-corrected chi connectivity index (χ3v) is 16.3. The van der Waals surface area contributed by atoms with Crippen molar-refractivity contribution in [2.45, 2.75) is 160 Å². The molecule has 1 saturated heterocycles. The molecular formula is C38H61N5O7S. The molecule has 1 unspecified atom stereocenters. The number of ketones is 1. The third-order valence-electron chi connectivity index (χ3n) is 13.5. The Labute approximate surface area is 304 Å². The Bertz CT molecular complexity index is 1530. The predicted octanol–water partition coefficient (Wildman–Crippen LogP) is 3.62. The van der Waals surface area contributed by atoms with Gasteiger partial charge in [0.1, 0.15) is 12.1 Å². The second-order valence-electron chi connectivity index (χ2n) is 18.9. The topological polar surface area (TPSA) is 171 Å². The fourth-order valence-corrected chi connectivity index (χ4v) is 11.2. The third kappa shape index (κ3) is 7.56. The smallest absolute Gasteiger partial charge is 0.315 e. The van der Waals surface area contributed by atoms with Gasteiger partial charge < -0.3 is 26.2 Å². The van der Waals surface area contributed by atoms with Gasteiger partial charge in [0.15, 0.2) is 9.84 Å². The van der Waals surface area contributed by atoms with Crippen LogP contribution in [0, 0.1) is 34.5 Å². The van der Waals surface area contributed by atoms with E-state index in [9.17, 15) is 32.4 Å². The number of carbonyl (C=O) groups is 5. The van der Waals surface area contributed by atoms with E-state index >= 15 is 0 Å². The molecule has 1 aliphatic heterocycles. The summed E-state index contributed by atoms with van der Waals surface area (Å²) in [7, 11) is -3.55. The molecule has 0 spiro atoms. The first-order valence-corrected chi connectivity index (χ1v) is 21.1. The van der Waals surface area contributed by atoms with Crippen LogP contribution in [0.1, 0.15) is 126 Å². The van der Waals surface area contributed by atoms with Crippen LogP contribution in [0.3, 0.4) is 0 Å². The highest BCUT2D eigenvalue weighted by atomic mass is 32.2. The van der Waals surface area contributed by atoms with E-state index < -0.39 is 67.3 Å². The fourth-order valence-electron chi connectivity index (χ4n) is 9.76. The van der Waals surface area contributed by atoms with Crippen LogP contribution >= 0.6 is 0 Å². The number of hydrogen-bond acceptors (Lipinski definition) is 7. The molecule has 6 rings (SSSR count). The number of urea groups is 1. The first-order valence-electron chi connectivity index (χ1n) is 19.5. The van der Waals surface area contributed by atoms with Crippen LogP contribution in [0.2, 0.25) is 0 Å². The summed E-state index contributed by atoms with van der Waals surface area (Å²) in [5.74, 6) is -1.51. The zero-order valence-corrected chi connectivity index (χ0v) is 32.5. The summed E-state index contributed by atoms with van der Waals surface area (Å²) in [5.41, 5.74) is -1.66. The van der Waals surface area contributed by atoms with Gasteiger partial charge in [-0.1, -0.05) is 53.4 Å². The van der Waals surface area contributed by atoms with E-state index in [1.807, 2.05) is 13.8 Å². The fraction of sp³-hybridized carbons (Fsp3) is 0.868. The van der Waals surface area contributed by atoms with Crippen LogP contribution in [-0.2, 0) is 29.0 Å². The normalized spacial score (nSPS) is 32.8. The van der Waals surface area contributed by atoms with Crippen LogP contribution in [0.4, 0.5) is 4.79 Å². The Morgan fingerprint density at radius 2 is 1.55 bits per heavy atom. The number of nitrogens with one attached hydrogen (secondary N) is 4. The van der Waals surface area contributed by atoms with E-state index in [1.165, 1.54) is 0 Å². The van der Waals surface area contributed by atoms with Gasteiger partial charge in [0.05, 0.1) is 22.1 Å². The Morgan fingerprint density at radius 1 is 0.922 bits per heavy atom. The maximum Gasteiger partial charge on any atom is 0.315 e. The van der Waals surface area contributed by atoms with Crippen molar-refractivity contribution in [3.05, 3.63) is 0 Å². The molecule has 5 aliphatic carbocycles. The van der Waals surface area contributed by atoms with Gasteiger partial charge in [-0.15, -0.1) is 0 Å². The quantitative estimate of drug-likeness (QED) is 0.210. The standard InChI is InChI=1S/C38H61N5O7S/c1-8-12-26(29(44)32(46)39-24-13-14-24)40-31(45)28-27-25(36(27,5)6)20-43(28)33(47)30(37(7)15-10-9-11-16-37)41-34(48)42-38(18-22-17-23(22)19-38)21-51(49,50)35(2,3)4/h22-28,30H,8-21H2,1-7H3,(H,39,46)(H,40,45)(H2,41,42,48)/t22-,23+,25-,26?,27-,28-,30+,38+/m0/s1. The van der Waals surface area contributed by atoms with E-state index in [2.05, 4.69) is 35.1 Å². The number of hydrogen-bond donors (Lipinski definition) is 4. The first kappa shape index (κ1) is 38.0. The summed E-state index contributed by atoms with van der Waals surface area (Å²) in [4.78, 5) is 70.6. The van der Waals surface area contributed by atoms with Gasteiger partial charge in [0.25, 0.3) is 5.91 Å². The molecule has 5 saturated carbocycles. The SMILES string of the molecule is CCCC(NC(=O)[C@@H]1[C@@H]2[C@H](CN1C(=O)[C@@H](NC(=O)N[C@@]1(CS(=O)(=O)C(C)(C)C)C[C@H]3C[C@H]3C1)C1(C)CCCCC1)C2(C)C)C(=O)C(=O)NC1CC1. The van der Waals surface area contributed by atoms with Crippen molar-refractivity contribution in [3.63, 3.8) is 0 Å². The van der Waals surface area contributed by atoms with Crippen LogP contribution in [-0.4, -0.2) is 89.6 Å². The average molecular weight is 732 g/mol.